The molecule has 6 heteroatoms. The van der Waals surface area contributed by atoms with Crippen LogP contribution in [0.3, 0.4) is 0 Å². The van der Waals surface area contributed by atoms with E-state index < -0.39 is 10.1 Å². The van der Waals surface area contributed by atoms with Crippen LogP contribution in [0, 0.1) is 0 Å². The van der Waals surface area contributed by atoms with Gasteiger partial charge in [0.1, 0.15) is 0 Å². The van der Waals surface area contributed by atoms with E-state index in [-0.39, 0.29) is 41.4 Å². The summed E-state index contributed by atoms with van der Waals surface area (Å²) < 4.78 is 31.4. The van der Waals surface area contributed by atoms with Gasteiger partial charge in [0.2, 0.25) is 0 Å². The SMILES string of the molecule is CCCCCCCCCC(O)CCCCCCCCCCCS(=O)(=O)[O-].[Na+]. The zero-order valence-electron chi connectivity index (χ0n) is 18.1. The Bertz CT molecular complexity index is 388. The molecule has 0 spiro atoms. The molecule has 0 aromatic carbocycles. The molecule has 0 aromatic rings. The summed E-state index contributed by atoms with van der Waals surface area (Å²) in [5, 5.41) is 10.0. The summed E-state index contributed by atoms with van der Waals surface area (Å²) in [5.41, 5.74) is 0. The molecule has 0 bridgehead atoms. The van der Waals surface area contributed by atoms with Crippen LogP contribution in [-0.4, -0.2) is 29.9 Å². The van der Waals surface area contributed by atoms with Crippen LogP contribution in [0.15, 0.2) is 0 Å². The van der Waals surface area contributed by atoms with E-state index in [4.69, 9.17) is 0 Å². The second-order valence-electron chi connectivity index (χ2n) is 7.80. The van der Waals surface area contributed by atoms with Gasteiger partial charge in [0, 0.05) is 5.75 Å². The molecule has 0 rings (SSSR count). The number of aliphatic hydroxyl groups is 1. The van der Waals surface area contributed by atoms with Gasteiger partial charge in [-0.25, -0.2) is 8.42 Å². The predicted octanol–water partition coefficient (Wildman–Crippen LogP) is 2.94. The van der Waals surface area contributed by atoms with Crippen molar-refractivity contribution in [2.45, 2.75) is 129 Å². The molecule has 0 amide bonds. The van der Waals surface area contributed by atoms with Crippen LogP contribution in [0.2, 0.25) is 0 Å². The number of aliphatic hydroxyl groups excluding tert-OH is 1. The first-order valence-electron chi connectivity index (χ1n) is 11.1. The second-order valence-corrected chi connectivity index (χ2v) is 9.32. The topological polar surface area (TPSA) is 77.4 Å². The third kappa shape index (κ3) is 26.9. The predicted molar refractivity (Wildman–Crippen MR) is 109 cm³/mol. The average molecular weight is 415 g/mol. The van der Waals surface area contributed by atoms with Gasteiger partial charge in [-0.05, 0) is 19.3 Å². The fourth-order valence-corrected chi connectivity index (χ4v) is 3.94. The number of unbranched alkanes of at least 4 members (excludes halogenated alkanes) is 14. The van der Waals surface area contributed by atoms with Gasteiger partial charge in [0.15, 0.2) is 0 Å². The maximum absolute atomic E-state index is 10.5. The second kappa shape index (κ2) is 21.6. The molecular weight excluding hydrogens is 371 g/mol. The minimum absolute atomic E-state index is 0. The molecule has 1 atom stereocenters. The van der Waals surface area contributed by atoms with E-state index in [2.05, 4.69) is 6.92 Å². The monoisotopic (exact) mass is 414 g/mol. The van der Waals surface area contributed by atoms with Crippen molar-refractivity contribution in [2.24, 2.45) is 0 Å². The van der Waals surface area contributed by atoms with E-state index in [0.29, 0.717) is 6.42 Å². The first kappa shape index (κ1) is 30.1. The first-order valence-corrected chi connectivity index (χ1v) is 12.6. The van der Waals surface area contributed by atoms with Gasteiger partial charge in [0.05, 0.1) is 16.2 Å². The van der Waals surface area contributed by atoms with E-state index in [1.54, 1.807) is 0 Å². The molecule has 0 heterocycles. The van der Waals surface area contributed by atoms with E-state index in [0.717, 1.165) is 38.5 Å². The number of hydrogen-bond acceptors (Lipinski definition) is 4. The van der Waals surface area contributed by atoms with Crippen molar-refractivity contribution in [3.05, 3.63) is 0 Å². The minimum Gasteiger partial charge on any atom is -0.748 e. The summed E-state index contributed by atoms with van der Waals surface area (Å²) in [6, 6.07) is 0. The van der Waals surface area contributed by atoms with Gasteiger partial charge < -0.3 is 9.66 Å². The zero-order chi connectivity index (χ0) is 19.5. The Morgan fingerprint density at radius 1 is 0.667 bits per heavy atom. The first-order chi connectivity index (χ1) is 12.5. The van der Waals surface area contributed by atoms with E-state index in [1.807, 2.05) is 0 Å². The molecule has 0 aliphatic heterocycles. The maximum Gasteiger partial charge on any atom is 1.00 e. The molecule has 1 N–H and O–H groups in total. The quantitative estimate of drug-likeness (QED) is 0.189. The summed E-state index contributed by atoms with van der Waals surface area (Å²) in [6.45, 7) is 2.24. The van der Waals surface area contributed by atoms with Crippen LogP contribution in [0.25, 0.3) is 0 Å². The Hall–Kier alpha value is 0.870. The van der Waals surface area contributed by atoms with Gasteiger partial charge >= 0.3 is 29.6 Å². The van der Waals surface area contributed by atoms with Crippen molar-refractivity contribution in [1.82, 2.24) is 0 Å². The third-order valence-electron chi connectivity index (χ3n) is 5.07. The van der Waals surface area contributed by atoms with Crippen molar-refractivity contribution >= 4 is 10.1 Å². The third-order valence-corrected chi connectivity index (χ3v) is 5.86. The van der Waals surface area contributed by atoms with Gasteiger partial charge in [-0.3, -0.25) is 0 Å². The van der Waals surface area contributed by atoms with Crippen molar-refractivity contribution in [2.75, 3.05) is 5.75 Å². The molecular formula is C21H43NaO4S. The van der Waals surface area contributed by atoms with E-state index in [1.165, 1.54) is 70.6 Å². The van der Waals surface area contributed by atoms with E-state index >= 15 is 0 Å². The van der Waals surface area contributed by atoms with Crippen molar-refractivity contribution in [1.29, 1.82) is 0 Å². The van der Waals surface area contributed by atoms with Crippen molar-refractivity contribution < 1.29 is 47.6 Å². The molecule has 0 aromatic heterocycles. The van der Waals surface area contributed by atoms with Crippen LogP contribution < -0.4 is 29.6 Å². The maximum atomic E-state index is 10.5. The minimum atomic E-state index is -4.02. The Labute approximate surface area is 191 Å². The molecule has 0 aliphatic rings. The van der Waals surface area contributed by atoms with E-state index in [9.17, 15) is 18.1 Å². The molecule has 27 heavy (non-hydrogen) atoms. The molecule has 0 aliphatic carbocycles. The molecule has 0 saturated heterocycles. The molecule has 4 nitrogen and oxygen atoms in total. The van der Waals surface area contributed by atoms with Crippen molar-refractivity contribution in [3.63, 3.8) is 0 Å². The number of rotatable bonds is 20. The Morgan fingerprint density at radius 2 is 1.00 bits per heavy atom. The summed E-state index contributed by atoms with van der Waals surface area (Å²) in [4.78, 5) is 0. The van der Waals surface area contributed by atoms with Crippen LogP contribution in [0.4, 0.5) is 0 Å². The molecule has 0 fully saturated rings. The fourth-order valence-electron chi connectivity index (χ4n) is 3.38. The summed E-state index contributed by atoms with van der Waals surface area (Å²) in [6.07, 6.45) is 20.3. The summed E-state index contributed by atoms with van der Waals surface area (Å²) in [5.74, 6) is -0.214. The Kier molecular flexibility index (Phi) is 24.0. The Morgan fingerprint density at radius 3 is 1.37 bits per heavy atom. The smallest absolute Gasteiger partial charge is 0.748 e. The molecule has 1 unspecified atom stereocenters. The normalized spacial score (nSPS) is 12.7. The van der Waals surface area contributed by atoms with Gasteiger partial charge in [0.25, 0.3) is 0 Å². The van der Waals surface area contributed by atoms with Gasteiger partial charge in [-0.15, -0.1) is 0 Å². The van der Waals surface area contributed by atoms with Crippen LogP contribution in [-0.2, 0) is 10.1 Å². The number of hydrogen-bond donors (Lipinski definition) is 1. The van der Waals surface area contributed by atoms with Gasteiger partial charge in [-0.1, -0.05) is 103 Å². The van der Waals surface area contributed by atoms with Crippen LogP contribution in [0.1, 0.15) is 122 Å². The fraction of sp³-hybridized carbons (Fsp3) is 1.00. The van der Waals surface area contributed by atoms with Crippen LogP contribution in [0.5, 0.6) is 0 Å². The van der Waals surface area contributed by atoms with Gasteiger partial charge in [-0.2, -0.15) is 0 Å². The largest absolute Gasteiger partial charge is 1.00 e. The summed E-state index contributed by atoms with van der Waals surface area (Å²) in [7, 11) is -4.02. The zero-order valence-corrected chi connectivity index (χ0v) is 20.9. The molecule has 0 radical (unpaired) electrons. The summed E-state index contributed by atoms with van der Waals surface area (Å²) >= 11 is 0. The molecule has 158 valence electrons. The van der Waals surface area contributed by atoms with Crippen LogP contribution >= 0.6 is 0 Å². The Balaban J connectivity index is 0. The standard InChI is InChI=1S/C21H44O4S.Na/c1-2-3-4-5-9-12-15-18-21(22)19-16-13-10-7-6-8-11-14-17-20-26(23,24)25;/h21-22H,2-20H2,1H3,(H,23,24,25);/q;+1/p-1. The molecule has 0 saturated carbocycles. The average Bonchev–Trinajstić information content (AvgIpc) is 2.58. The van der Waals surface area contributed by atoms with Crippen molar-refractivity contribution in [3.8, 4) is 0 Å².